The minimum Gasteiger partial charge on any atom is -0.377 e. The van der Waals surface area contributed by atoms with Crippen molar-refractivity contribution in [2.45, 2.75) is 38.0 Å². The van der Waals surface area contributed by atoms with Crippen LogP contribution in [0.5, 0.6) is 0 Å². The molecule has 1 N–H and O–H groups in total. The van der Waals surface area contributed by atoms with Gasteiger partial charge in [-0.25, -0.2) is 13.3 Å². The summed E-state index contributed by atoms with van der Waals surface area (Å²) in [4.78, 5) is 0. The first-order valence-corrected chi connectivity index (χ1v) is 7.44. The highest BCUT2D eigenvalue weighted by molar-refractivity contribution is 7.84. The minimum absolute atomic E-state index is 0.276. The molecule has 1 aromatic rings. The van der Waals surface area contributed by atoms with Crippen LogP contribution in [0.15, 0.2) is 18.2 Å². The Morgan fingerprint density at radius 1 is 1.37 bits per heavy atom. The van der Waals surface area contributed by atoms with Crippen molar-refractivity contribution < 1.29 is 13.3 Å². The van der Waals surface area contributed by atoms with E-state index in [4.69, 9.17) is 4.74 Å². The molecule has 0 spiro atoms. The van der Waals surface area contributed by atoms with Gasteiger partial charge in [-0.1, -0.05) is 12.1 Å². The fraction of sp³-hybridized carbons (Fsp3) is 0.571. The number of aryl methyl sites for hydroxylation is 1. The van der Waals surface area contributed by atoms with E-state index in [1.807, 2.05) is 33.8 Å². The molecule has 1 atom stereocenters. The molecular weight excluding hydrogens is 265 g/mol. The number of benzene rings is 1. The van der Waals surface area contributed by atoms with Crippen molar-refractivity contribution in [3.8, 4) is 0 Å². The van der Waals surface area contributed by atoms with Crippen LogP contribution in [0.4, 0.5) is 4.39 Å². The molecule has 0 radical (unpaired) electrons. The highest BCUT2D eigenvalue weighted by Gasteiger charge is 2.45. The first kappa shape index (κ1) is 14.6. The first-order valence-electron chi connectivity index (χ1n) is 6.29. The summed E-state index contributed by atoms with van der Waals surface area (Å²) >= 11 is 0. The molecule has 1 fully saturated rings. The number of ether oxygens (including phenoxy) is 1. The second-order valence-electron chi connectivity index (χ2n) is 6.04. The topological polar surface area (TPSA) is 38.3 Å². The van der Waals surface area contributed by atoms with Crippen LogP contribution in [0.25, 0.3) is 0 Å². The van der Waals surface area contributed by atoms with Crippen molar-refractivity contribution in [3.63, 3.8) is 0 Å². The maximum absolute atomic E-state index is 14.1. The maximum atomic E-state index is 14.1. The number of hydrogen-bond donors (Lipinski definition) is 1. The van der Waals surface area contributed by atoms with Crippen LogP contribution in [-0.4, -0.2) is 22.2 Å². The number of hydrogen-bond acceptors (Lipinski definition) is 2. The van der Waals surface area contributed by atoms with Gasteiger partial charge in [-0.3, -0.25) is 0 Å². The first-order chi connectivity index (χ1) is 8.74. The number of nitrogens with one attached hydrogen (secondary N) is 1. The highest BCUT2D eigenvalue weighted by Crippen LogP contribution is 2.33. The lowest BCUT2D eigenvalue weighted by Gasteiger charge is -2.43. The zero-order valence-corrected chi connectivity index (χ0v) is 12.6. The molecule has 106 valence electrons. The Kier molecular flexibility index (Phi) is 3.82. The quantitative estimate of drug-likeness (QED) is 0.926. The summed E-state index contributed by atoms with van der Waals surface area (Å²) in [6, 6.07) is 5.11. The fourth-order valence-corrected chi connectivity index (χ4v) is 2.80. The lowest BCUT2D eigenvalue weighted by Crippen LogP contribution is -2.60. The standard InChI is InChI=1S/C14H20FNO2S/c1-10-5-6-11(12(15)7-10)14(8-18-9-14)16-19(17)13(2,3)4/h5-7,16H,8-9H2,1-4H3. The van der Waals surface area contributed by atoms with Crippen molar-refractivity contribution >= 4 is 11.0 Å². The fourth-order valence-electron chi connectivity index (χ4n) is 1.91. The van der Waals surface area contributed by atoms with Gasteiger partial charge in [-0.2, -0.15) is 0 Å². The van der Waals surface area contributed by atoms with Crippen molar-refractivity contribution in [1.82, 2.24) is 4.72 Å². The van der Waals surface area contributed by atoms with E-state index in [1.165, 1.54) is 6.07 Å². The third kappa shape index (κ3) is 2.88. The molecule has 1 heterocycles. The SMILES string of the molecule is Cc1ccc(C2(NS(=O)C(C)(C)C)COC2)c(F)c1. The Bertz CT molecular complexity index is 507. The van der Waals surface area contributed by atoms with Crippen LogP contribution < -0.4 is 4.72 Å². The molecule has 1 aliphatic heterocycles. The van der Waals surface area contributed by atoms with Gasteiger partial charge in [0, 0.05) is 5.56 Å². The second kappa shape index (κ2) is 4.96. The van der Waals surface area contributed by atoms with E-state index in [9.17, 15) is 8.60 Å². The molecule has 5 heteroatoms. The molecule has 1 unspecified atom stereocenters. The van der Waals surface area contributed by atoms with Gasteiger partial charge >= 0.3 is 0 Å². The van der Waals surface area contributed by atoms with Gasteiger partial charge in [0.05, 0.1) is 28.9 Å². The van der Waals surface area contributed by atoms with Crippen LogP contribution in [0.2, 0.25) is 0 Å². The molecule has 0 aliphatic carbocycles. The lowest BCUT2D eigenvalue weighted by atomic mass is 9.88. The zero-order chi connectivity index (χ0) is 14.3. The van der Waals surface area contributed by atoms with Crippen molar-refractivity contribution in [2.24, 2.45) is 0 Å². The highest BCUT2D eigenvalue weighted by atomic mass is 32.2. The summed E-state index contributed by atoms with van der Waals surface area (Å²) in [6.45, 7) is 8.18. The molecule has 1 aromatic carbocycles. The third-order valence-corrected chi connectivity index (χ3v) is 4.87. The smallest absolute Gasteiger partial charge is 0.128 e. The van der Waals surface area contributed by atoms with E-state index in [0.29, 0.717) is 18.8 Å². The Labute approximate surface area is 116 Å². The molecular formula is C14H20FNO2S. The normalized spacial score (nSPS) is 19.8. The molecule has 19 heavy (non-hydrogen) atoms. The van der Waals surface area contributed by atoms with Gasteiger partial charge in [0.2, 0.25) is 0 Å². The summed E-state index contributed by atoms with van der Waals surface area (Å²) in [6.07, 6.45) is 0. The van der Waals surface area contributed by atoms with Gasteiger partial charge < -0.3 is 4.74 Å². The monoisotopic (exact) mass is 285 g/mol. The van der Waals surface area contributed by atoms with Crippen molar-refractivity contribution in [3.05, 3.63) is 35.1 Å². The number of halogens is 1. The molecule has 0 saturated carbocycles. The van der Waals surface area contributed by atoms with Gasteiger partial charge in [0.15, 0.2) is 0 Å². The van der Waals surface area contributed by atoms with Crippen molar-refractivity contribution in [2.75, 3.05) is 13.2 Å². The van der Waals surface area contributed by atoms with E-state index in [1.54, 1.807) is 6.07 Å². The molecule has 1 saturated heterocycles. The van der Waals surface area contributed by atoms with Crippen LogP contribution in [0.3, 0.4) is 0 Å². The van der Waals surface area contributed by atoms with Crippen LogP contribution >= 0.6 is 0 Å². The van der Waals surface area contributed by atoms with E-state index in [2.05, 4.69) is 4.72 Å². The summed E-state index contributed by atoms with van der Waals surface area (Å²) in [7, 11) is -1.27. The van der Waals surface area contributed by atoms with Crippen LogP contribution in [0, 0.1) is 12.7 Å². The van der Waals surface area contributed by atoms with Gasteiger partial charge in [0.1, 0.15) is 11.4 Å². The van der Waals surface area contributed by atoms with E-state index in [-0.39, 0.29) is 5.82 Å². The summed E-state index contributed by atoms with van der Waals surface area (Å²) < 4.78 is 34.2. The molecule has 1 aliphatic rings. The molecule has 0 bridgehead atoms. The van der Waals surface area contributed by atoms with Gasteiger partial charge in [-0.15, -0.1) is 0 Å². The van der Waals surface area contributed by atoms with E-state index in [0.717, 1.165) is 5.56 Å². The summed E-state index contributed by atoms with van der Waals surface area (Å²) in [5.74, 6) is -0.276. The van der Waals surface area contributed by atoms with Gasteiger partial charge in [0.25, 0.3) is 0 Å². The largest absolute Gasteiger partial charge is 0.377 e. The molecule has 2 rings (SSSR count). The molecule has 3 nitrogen and oxygen atoms in total. The van der Waals surface area contributed by atoms with Crippen molar-refractivity contribution in [1.29, 1.82) is 0 Å². The van der Waals surface area contributed by atoms with Crippen LogP contribution in [0.1, 0.15) is 31.9 Å². The number of rotatable bonds is 3. The lowest BCUT2D eigenvalue weighted by molar-refractivity contribution is -0.0675. The second-order valence-corrected chi connectivity index (χ2v) is 8.01. The summed E-state index contributed by atoms with van der Waals surface area (Å²) in [5.41, 5.74) is 0.728. The van der Waals surface area contributed by atoms with E-state index >= 15 is 0 Å². The van der Waals surface area contributed by atoms with Gasteiger partial charge in [-0.05, 0) is 39.3 Å². The molecule has 0 aromatic heterocycles. The summed E-state index contributed by atoms with van der Waals surface area (Å²) in [5, 5.41) is 0. The van der Waals surface area contributed by atoms with Crippen LogP contribution in [-0.2, 0) is 21.3 Å². The Morgan fingerprint density at radius 2 is 2.00 bits per heavy atom. The Balaban J connectivity index is 2.30. The van der Waals surface area contributed by atoms with E-state index < -0.39 is 21.3 Å². The third-order valence-electron chi connectivity index (χ3n) is 3.18. The Morgan fingerprint density at radius 3 is 2.42 bits per heavy atom. The Hall–Kier alpha value is -0.780. The average molecular weight is 285 g/mol. The maximum Gasteiger partial charge on any atom is 0.128 e. The average Bonchev–Trinajstić information content (AvgIpc) is 2.22. The molecule has 0 amide bonds. The minimum atomic E-state index is -1.27. The zero-order valence-electron chi connectivity index (χ0n) is 11.7. The predicted octanol–water partition coefficient (Wildman–Crippen LogP) is 2.41. The predicted molar refractivity (Wildman–Crippen MR) is 74.7 cm³/mol.